The second-order valence-corrected chi connectivity index (χ2v) is 6.22. The molecule has 4 aromatic rings. The second-order valence-electron chi connectivity index (χ2n) is 6.22. The molecule has 0 fully saturated rings. The van der Waals surface area contributed by atoms with Gasteiger partial charge in [0.15, 0.2) is 0 Å². The van der Waals surface area contributed by atoms with Crippen LogP contribution in [0.3, 0.4) is 0 Å². The lowest BCUT2D eigenvalue weighted by Crippen LogP contribution is -2.36. The largest absolute Gasteiger partial charge is 0.399 e. The van der Waals surface area contributed by atoms with Gasteiger partial charge in [-0.3, -0.25) is 9.82 Å². The van der Waals surface area contributed by atoms with E-state index in [2.05, 4.69) is 60.0 Å². The molecule has 4 rings (SSSR count). The lowest BCUT2D eigenvalue weighted by molar-refractivity contribution is -0.655. The van der Waals surface area contributed by atoms with Gasteiger partial charge in [-0.2, -0.15) is 4.57 Å². The molecule has 3 aromatic carbocycles. The van der Waals surface area contributed by atoms with E-state index in [9.17, 15) is 0 Å². The van der Waals surface area contributed by atoms with E-state index < -0.39 is 0 Å². The standard InChI is InChI=1S/C21H19N3.2N3/c1-2-24-20-13-16(23)9-11-18(20)17-10-8-15(22)12-19(17)21(24)14-6-4-3-5-7-14;2*1-3-2/h3-13,23H,2,22H2,1H3;;/q;2*-1/p+1. The van der Waals surface area contributed by atoms with Crippen LogP contribution in [0.15, 0.2) is 66.7 Å². The number of pyridine rings is 1. The van der Waals surface area contributed by atoms with Crippen molar-refractivity contribution in [1.29, 1.82) is 0 Å². The van der Waals surface area contributed by atoms with Gasteiger partial charge in [0, 0.05) is 28.4 Å². The predicted molar refractivity (Wildman–Crippen MR) is 122 cm³/mol. The first kappa shape index (κ1) is 21.8. The monoisotopic (exact) mass is 398 g/mol. The van der Waals surface area contributed by atoms with E-state index in [4.69, 9.17) is 33.6 Å². The Morgan fingerprint density at radius 2 is 1.27 bits per heavy atom. The zero-order chi connectivity index (χ0) is 22.1. The van der Waals surface area contributed by atoms with Crippen LogP contribution in [0.2, 0.25) is 0 Å². The Morgan fingerprint density at radius 1 is 0.733 bits per heavy atom. The molecule has 0 unspecified atom stereocenters. The number of hydrogen-bond acceptors (Lipinski definition) is 2. The first-order chi connectivity index (χ1) is 14.5. The number of aromatic nitrogens is 1. The number of nitrogen functional groups attached to an aromatic ring is 2. The minimum Gasteiger partial charge on any atom is -0.399 e. The molecule has 0 saturated carbocycles. The van der Waals surface area contributed by atoms with Gasteiger partial charge in [-0.1, -0.05) is 24.3 Å². The van der Waals surface area contributed by atoms with Crippen molar-refractivity contribution in [1.82, 2.24) is 0 Å². The summed E-state index contributed by atoms with van der Waals surface area (Å²) in [6, 6.07) is 22.7. The Kier molecular flexibility index (Phi) is 7.42. The van der Waals surface area contributed by atoms with Crippen molar-refractivity contribution in [3.8, 4) is 11.3 Å². The fraction of sp³-hybridized carbons (Fsp3) is 0.0952. The Hall–Kier alpha value is -4.45. The lowest BCUT2D eigenvalue weighted by Gasteiger charge is -2.12. The fourth-order valence-corrected chi connectivity index (χ4v) is 3.49. The van der Waals surface area contributed by atoms with Crippen LogP contribution in [0, 0.1) is 0 Å². The van der Waals surface area contributed by atoms with Crippen molar-refractivity contribution in [3.63, 3.8) is 0 Å². The number of hydrogen-bond donors (Lipinski definition) is 2. The zero-order valence-electron chi connectivity index (χ0n) is 16.3. The van der Waals surface area contributed by atoms with Gasteiger partial charge >= 0.3 is 0 Å². The van der Waals surface area contributed by atoms with Crippen molar-refractivity contribution < 1.29 is 4.57 Å². The van der Waals surface area contributed by atoms with Crippen LogP contribution in [-0.2, 0) is 6.54 Å². The third kappa shape index (κ3) is 4.51. The molecule has 4 N–H and O–H groups in total. The lowest BCUT2D eigenvalue weighted by atomic mass is 9.98. The van der Waals surface area contributed by atoms with Crippen LogP contribution in [0.5, 0.6) is 0 Å². The third-order valence-electron chi connectivity index (χ3n) is 4.53. The van der Waals surface area contributed by atoms with Gasteiger partial charge in [0.25, 0.3) is 0 Å². The number of nitrogens with zero attached hydrogens (tertiary/aromatic N) is 7. The normalized spacial score (nSPS) is 9.50. The number of fused-ring (bicyclic) bond motifs is 3. The number of benzene rings is 3. The van der Waals surface area contributed by atoms with Gasteiger partial charge in [0.1, 0.15) is 6.54 Å². The molecule has 0 aliphatic carbocycles. The van der Waals surface area contributed by atoms with Gasteiger partial charge in [-0.05, 0) is 43.3 Å². The van der Waals surface area contributed by atoms with Crippen LogP contribution >= 0.6 is 0 Å². The Labute approximate surface area is 173 Å². The van der Waals surface area contributed by atoms with Crippen molar-refractivity contribution in [3.05, 3.63) is 98.7 Å². The summed E-state index contributed by atoms with van der Waals surface area (Å²) >= 11 is 0. The smallest absolute Gasteiger partial charge is 0.220 e. The van der Waals surface area contributed by atoms with Gasteiger partial charge in [0.2, 0.25) is 11.2 Å². The minimum absolute atomic E-state index is 0.775. The summed E-state index contributed by atoms with van der Waals surface area (Å²) in [5, 5.41) is 3.56. The number of anilines is 2. The van der Waals surface area contributed by atoms with Crippen LogP contribution in [0.1, 0.15) is 6.92 Å². The molecule has 0 amide bonds. The highest BCUT2D eigenvalue weighted by Gasteiger charge is 2.22. The first-order valence-corrected chi connectivity index (χ1v) is 8.98. The average molecular weight is 398 g/mol. The molecule has 9 nitrogen and oxygen atoms in total. The summed E-state index contributed by atoms with van der Waals surface area (Å²) in [5.41, 5.74) is 44.2. The molecule has 0 radical (unpaired) electrons. The summed E-state index contributed by atoms with van der Waals surface area (Å²) in [6.07, 6.45) is 0. The van der Waals surface area contributed by atoms with E-state index in [0.717, 1.165) is 23.4 Å². The highest BCUT2D eigenvalue weighted by atomic mass is 15.0. The van der Waals surface area contributed by atoms with Crippen LogP contribution < -0.4 is 16.0 Å². The molecule has 150 valence electrons. The van der Waals surface area contributed by atoms with E-state index in [1.54, 1.807) is 0 Å². The highest BCUT2D eigenvalue weighted by Crippen LogP contribution is 2.33. The second kappa shape index (κ2) is 10.2. The molecule has 0 spiro atoms. The Bertz CT molecular complexity index is 1230. The summed E-state index contributed by atoms with van der Waals surface area (Å²) in [6.45, 7) is 3.02. The summed E-state index contributed by atoms with van der Waals surface area (Å²) in [7, 11) is 0. The first-order valence-electron chi connectivity index (χ1n) is 8.98. The Morgan fingerprint density at radius 3 is 1.83 bits per heavy atom. The van der Waals surface area contributed by atoms with Gasteiger partial charge in [-0.25, -0.2) is 0 Å². The molecule has 0 atom stereocenters. The van der Waals surface area contributed by atoms with E-state index in [0.29, 0.717) is 0 Å². The quantitative estimate of drug-likeness (QED) is 0.107. The van der Waals surface area contributed by atoms with Crippen molar-refractivity contribution >= 4 is 33.1 Å². The highest BCUT2D eigenvalue weighted by molar-refractivity contribution is 6.10. The topological polar surface area (TPSA) is 173 Å². The van der Waals surface area contributed by atoms with E-state index >= 15 is 0 Å². The maximum atomic E-state index is 6.75. The van der Waals surface area contributed by atoms with E-state index in [1.165, 1.54) is 37.2 Å². The average Bonchev–Trinajstić information content (AvgIpc) is 2.74. The van der Waals surface area contributed by atoms with E-state index in [-0.39, 0.29) is 0 Å². The molecule has 30 heavy (non-hydrogen) atoms. The fourth-order valence-electron chi connectivity index (χ4n) is 3.49. The van der Waals surface area contributed by atoms with Crippen molar-refractivity contribution in [2.45, 2.75) is 13.5 Å². The maximum Gasteiger partial charge on any atom is 0.220 e. The van der Waals surface area contributed by atoms with E-state index in [1.807, 2.05) is 18.2 Å². The number of nitrogens with two attached hydrogens (primary N) is 2. The molecule has 0 aliphatic rings. The number of rotatable bonds is 2. The van der Waals surface area contributed by atoms with Gasteiger partial charge in [-0.15, -0.1) is 0 Å². The molecular formula is C21H20N9-. The number of aryl methyl sites for hydroxylation is 1. The Balaban J connectivity index is 0.000000480. The summed E-state index contributed by atoms with van der Waals surface area (Å²) in [5.74, 6) is 0. The third-order valence-corrected chi connectivity index (χ3v) is 4.53. The molecule has 1 heterocycles. The molecular weight excluding hydrogens is 378 g/mol. The van der Waals surface area contributed by atoms with Gasteiger partial charge in [0.05, 0.1) is 10.8 Å². The molecule has 0 aliphatic heterocycles. The zero-order valence-corrected chi connectivity index (χ0v) is 16.3. The molecule has 1 aromatic heterocycles. The predicted octanol–water partition coefficient (Wildman–Crippen LogP) is 5.86. The summed E-state index contributed by atoms with van der Waals surface area (Å²) in [4.78, 5) is 3.00. The van der Waals surface area contributed by atoms with Crippen molar-refractivity contribution in [2.75, 3.05) is 11.5 Å². The summed E-state index contributed by atoms with van der Waals surface area (Å²) < 4.78 is 2.32. The maximum absolute atomic E-state index is 6.75. The van der Waals surface area contributed by atoms with Crippen LogP contribution in [-0.4, -0.2) is 0 Å². The SMILES string of the molecule is CC[n+]1c(-c2ccccc2)c2cc(N)ccc2c2ccc(N)cc21.[N-]=[N+]=[N-].[N-]=[N+]=[N-]. The van der Waals surface area contributed by atoms with Crippen LogP contribution in [0.25, 0.3) is 64.9 Å². The molecule has 0 saturated heterocycles. The van der Waals surface area contributed by atoms with Gasteiger partial charge < -0.3 is 33.6 Å². The molecule has 9 heteroatoms. The minimum atomic E-state index is 0.775. The molecule has 0 bridgehead atoms. The van der Waals surface area contributed by atoms with Crippen LogP contribution in [0.4, 0.5) is 11.4 Å². The van der Waals surface area contributed by atoms with Crippen molar-refractivity contribution in [2.24, 2.45) is 0 Å².